The smallest absolute Gasteiger partial charge is 0.119 e. The molecule has 1 aromatic carbocycles. The van der Waals surface area contributed by atoms with Crippen LogP contribution in [0.15, 0.2) is 47.8 Å². The fraction of sp³-hybridized carbons (Fsp3) is 0.231. The minimum atomic E-state index is 0. The van der Waals surface area contributed by atoms with E-state index in [9.17, 15) is 0 Å². The molecule has 0 radical (unpaired) electrons. The summed E-state index contributed by atoms with van der Waals surface area (Å²) >= 11 is 1.77. The van der Waals surface area contributed by atoms with Crippen LogP contribution in [0.4, 0.5) is 0 Å². The molecule has 4 heteroatoms. The molecular weight excluding hydrogens is 254 g/mol. The van der Waals surface area contributed by atoms with Crippen LogP contribution >= 0.6 is 23.7 Å². The van der Waals surface area contributed by atoms with Crippen LogP contribution in [0.25, 0.3) is 0 Å². The van der Waals surface area contributed by atoms with E-state index < -0.39 is 0 Å². The summed E-state index contributed by atoms with van der Waals surface area (Å²) in [6.07, 6.45) is 0. The van der Waals surface area contributed by atoms with Gasteiger partial charge in [-0.05, 0) is 23.6 Å². The molecule has 0 aliphatic heterocycles. The van der Waals surface area contributed by atoms with Crippen molar-refractivity contribution in [2.24, 2.45) is 0 Å². The standard InChI is InChI=1S/C13H15NOS.ClH/c1-2-5-12(6-3-1)15-9-8-14-11-13-7-4-10-16-13;/h1-7,10,14H,8-9,11H2;1H. The van der Waals surface area contributed by atoms with Crippen LogP contribution in [-0.2, 0) is 6.54 Å². The molecule has 0 bridgehead atoms. The van der Waals surface area contributed by atoms with Crippen LogP contribution in [0.2, 0.25) is 0 Å². The minimum absolute atomic E-state index is 0. The molecule has 1 aromatic heterocycles. The Morgan fingerprint density at radius 3 is 2.59 bits per heavy atom. The molecule has 0 spiro atoms. The SMILES string of the molecule is Cl.c1ccc(OCCNCc2cccs2)cc1. The molecule has 2 rings (SSSR count). The van der Waals surface area contributed by atoms with Gasteiger partial charge in [-0.25, -0.2) is 0 Å². The van der Waals surface area contributed by atoms with Gasteiger partial charge < -0.3 is 10.1 Å². The maximum Gasteiger partial charge on any atom is 0.119 e. The number of ether oxygens (including phenoxy) is 1. The number of thiophene rings is 1. The second kappa shape index (κ2) is 8.12. The molecule has 92 valence electrons. The summed E-state index contributed by atoms with van der Waals surface area (Å²) in [6.45, 7) is 2.50. The predicted octanol–water partition coefficient (Wildman–Crippen LogP) is 3.34. The summed E-state index contributed by atoms with van der Waals surface area (Å²) in [5.74, 6) is 0.931. The molecule has 0 saturated heterocycles. The summed E-state index contributed by atoms with van der Waals surface area (Å²) in [5.41, 5.74) is 0. The zero-order valence-electron chi connectivity index (χ0n) is 9.46. The lowest BCUT2D eigenvalue weighted by Gasteiger charge is -2.06. The number of benzene rings is 1. The molecule has 17 heavy (non-hydrogen) atoms. The topological polar surface area (TPSA) is 21.3 Å². The highest BCUT2D eigenvalue weighted by atomic mass is 35.5. The Morgan fingerprint density at radius 1 is 1.06 bits per heavy atom. The van der Waals surface area contributed by atoms with Gasteiger partial charge in [0.05, 0.1) is 0 Å². The largest absolute Gasteiger partial charge is 0.492 e. The van der Waals surface area contributed by atoms with Gasteiger partial charge in [-0.3, -0.25) is 0 Å². The third-order valence-electron chi connectivity index (χ3n) is 2.17. The van der Waals surface area contributed by atoms with Gasteiger partial charge >= 0.3 is 0 Å². The number of rotatable bonds is 6. The Hall–Kier alpha value is -1.03. The van der Waals surface area contributed by atoms with E-state index in [0.29, 0.717) is 6.61 Å². The summed E-state index contributed by atoms with van der Waals surface area (Å²) in [4.78, 5) is 1.36. The molecule has 0 atom stereocenters. The third kappa shape index (κ3) is 5.22. The van der Waals surface area contributed by atoms with Crippen LogP contribution in [-0.4, -0.2) is 13.2 Å². The summed E-state index contributed by atoms with van der Waals surface area (Å²) in [7, 11) is 0. The van der Waals surface area contributed by atoms with Crippen LogP contribution in [0.3, 0.4) is 0 Å². The highest BCUT2D eigenvalue weighted by Gasteiger charge is 1.93. The van der Waals surface area contributed by atoms with Gasteiger partial charge in [0, 0.05) is 18.0 Å². The fourth-order valence-corrected chi connectivity index (χ4v) is 2.06. The first-order valence-electron chi connectivity index (χ1n) is 5.36. The van der Waals surface area contributed by atoms with Crippen LogP contribution in [0.1, 0.15) is 4.88 Å². The van der Waals surface area contributed by atoms with Crippen molar-refractivity contribution in [1.29, 1.82) is 0 Å². The third-order valence-corrected chi connectivity index (χ3v) is 3.05. The van der Waals surface area contributed by atoms with E-state index in [4.69, 9.17) is 4.74 Å². The van der Waals surface area contributed by atoms with Crippen LogP contribution in [0.5, 0.6) is 5.75 Å². The summed E-state index contributed by atoms with van der Waals surface area (Å²) < 4.78 is 5.57. The zero-order chi connectivity index (χ0) is 11.1. The quantitative estimate of drug-likeness (QED) is 0.812. The number of nitrogens with one attached hydrogen (secondary N) is 1. The average Bonchev–Trinajstić information content (AvgIpc) is 2.83. The first-order valence-corrected chi connectivity index (χ1v) is 6.24. The van der Waals surface area contributed by atoms with Gasteiger partial charge in [0.15, 0.2) is 0 Å². The van der Waals surface area contributed by atoms with E-state index in [1.807, 2.05) is 30.3 Å². The van der Waals surface area contributed by atoms with Crippen LogP contribution in [0, 0.1) is 0 Å². The molecule has 1 heterocycles. The van der Waals surface area contributed by atoms with Crippen molar-refractivity contribution < 1.29 is 4.74 Å². The molecule has 2 nitrogen and oxygen atoms in total. The Morgan fingerprint density at radius 2 is 1.88 bits per heavy atom. The maximum absolute atomic E-state index is 5.57. The average molecular weight is 270 g/mol. The molecule has 0 saturated carbocycles. The lowest BCUT2D eigenvalue weighted by atomic mass is 10.3. The molecule has 0 unspecified atom stereocenters. The minimum Gasteiger partial charge on any atom is -0.492 e. The Labute approximate surface area is 112 Å². The first kappa shape index (κ1) is 14.0. The predicted molar refractivity (Wildman–Crippen MR) is 75.2 cm³/mol. The summed E-state index contributed by atoms with van der Waals surface area (Å²) in [5, 5.41) is 5.44. The lowest BCUT2D eigenvalue weighted by molar-refractivity contribution is 0.314. The van der Waals surface area contributed by atoms with E-state index in [2.05, 4.69) is 22.8 Å². The lowest BCUT2D eigenvalue weighted by Crippen LogP contribution is -2.20. The van der Waals surface area contributed by atoms with E-state index in [0.717, 1.165) is 18.8 Å². The van der Waals surface area contributed by atoms with Crippen molar-refractivity contribution in [3.63, 3.8) is 0 Å². The monoisotopic (exact) mass is 269 g/mol. The van der Waals surface area contributed by atoms with Gasteiger partial charge in [-0.2, -0.15) is 0 Å². The number of hydrogen-bond donors (Lipinski definition) is 1. The van der Waals surface area contributed by atoms with Gasteiger partial charge in [0.25, 0.3) is 0 Å². The van der Waals surface area contributed by atoms with Crippen molar-refractivity contribution in [2.45, 2.75) is 6.54 Å². The van der Waals surface area contributed by atoms with E-state index in [1.54, 1.807) is 11.3 Å². The number of halogens is 1. The van der Waals surface area contributed by atoms with Crippen molar-refractivity contribution in [3.05, 3.63) is 52.7 Å². The molecule has 0 amide bonds. The van der Waals surface area contributed by atoms with Crippen molar-refractivity contribution in [3.8, 4) is 5.75 Å². The number of hydrogen-bond acceptors (Lipinski definition) is 3. The molecule has 0 fully saturated rings. The Balaban J connectivity index is 0.00000144. The van der Waals surface area contributed by atoms with E-state index in [1.165, 1.54) is 4.88 Å². The van der Waals surface area contributed by atoms with Crippen LogP contribution < -0.4 is 10.1 Å². The normalized spacial score (nSPS) is 9.65. The van der Waals surface area contributed by atoms with Gasteiger partial charge in [0.1, 0.15) is 12.4 Å². The summed E-state index contributed by atoms with van der Waals surface area (Å²) in [6, 6.07) is 14.1. The second-order valence-corrected chi connectivity index (χ2v) is 4.45. The molecular formula is C13H16ClNOS. The molecule has 1 N–H and O–H groups in total. The fourth-order valence-electron chi connectivity index (χ4n) is 1.38. The van der Waals surface area contributed by atoms with Crippen molar-refractivity contribution >= 4 is 23.7 Å². The Bertz CT molecular complexity index is 391. The molecule has 0 aliphatic carbocycles. The van der Waals surface area contributed by atoms with E-state index >= 15 is 0 Å². The zero-order valence-corrected chi connectivity index (χ0v) is 11.1. The highest BCUT2D eigenvalue weighted by molar-refractivity contribution is 7.09. The van der Waals surface area contributed by atoms with E-state index in [-0.39, 0.29) is 12.4 Å². The van der Waals surface area contributed by atoms with Gasteiger partial charge in [0.2, 0.25) is 0 Å². The van der Waals surface area contributed by atoms with Crippen molar-refractivity contribution in [1.82, 2.24) is 5.32 Å². The Kier molecular flexibility index (Phi) is 6.70. The number of para-hydroxylation sites is 1. The molecule has 2 aromatic rings. The van der Waals surface area contributed by atoms with Gasteiger partial charge in [-0.15, -0.1) is 23.7 Å². The van der Waals surface area contributed by atoms with Crippen molar-refractivity contribution in [2.75, 3.05) is 13.2 Å². The highest BCUT2D eigenvalue weighted by Crippen LogP contribution is 2.08. The maximum atomic E-state index is 5.57. The molecule has 0 aliphatic rings. The first-order chi connectivity index (χ1) is 7.95. The van der Waals surface area contributed by atoms with Gasteiger partial charge in [-0.1, -0.05) is 24.3 Å². The second-order valence-electron chi connectivity index (χ2n) is 3.42.